The van der Waals surface area contributed by atoms with Crippen molar-refractivity contribution in [1.29, 1.82) is 0 Å². The predicted molar refractivity (Wildman–Crippen MR) is 69.0 cm³/mol. The Bertz CT molecular complexity index is 346. The topological polar surface area (TPSA) is 21.3 Å². The molecule has 1 aromatic carbocycles. The number of rotatable bonds is 6. The van der Waals surface area contributed by atoms with E-state index in [4.69, 9.17) is 4.74 Å². The molecule has 0 saturated heterocycles. The summed E-state index contributed by atoms with van der Waals surface area (Å²) in [6, 6.07) is 8.66. The van der Waals surface area contributed by atoms with Crippen molar-refractivity contribution in [2.75, 3.05) is 14.2 Å². The Hall–Kier alpha value is -1.28. The van der Waals surface area contributed by atoms with Gasteiger partial charge in [0.15, 0.2) is 0 Å². The van der Waals surface area contributed by atoms with Crippen LogP contribution in [-0.2, 0) is 6.42 Å². The van der Waals surface area contributed by atoms with Gasteiger partial charge in [0.2, 0.25) is 0 Å². The quantitative estimate of drug-likeness (QED) is 0.743. The molecule has 2 nitrogen and oxygen atoms in total. The largest absolute Gasteiger partial charge is 0.497 e. The SMILES string of the molecule is C=C(C)CC(Cc1cccc(OC)c1)NC. The minimum atomic E-state index is 0.449. The zero-order valence-electron chi connectivity index (χ0n) is 10.4. The molecule has 0 bridgehead atoms. The maximum Gasteiger partial charge on any atom is 0.119 e. The molecule has 1 rings (SSSR count). The predicted octanol–water partition coefficient (Wildman–Crippen LogP) is 2.79. The van der Waals surface area contributed by atoms with E-state index in [9.17, 15) is 0 Å². The number of benzene rings is 1. The molecule has 1 aromatic rings. The van der Waals surface area contributed by atoms with Crippen molar-refractivity contribution >= 4 is 0 Å². The molecule has 1 N–H and O–H groups in total. The number of ether oxygens (including phenoxy) is 1. The minimum Gasteiger partial charge on any atom is -0.497 e. The Labute approximate surface area is 98.3 Å². The van der Waals surface area contributed by atoms with E-state index in [0.29, 0.717) is 6.04 Å². The first-order chi connectivity index (χ1) is 7.65. The molecule has 88 valence electrons. The van der Waals surface area contributed by atoms with Crippen LogP contribution >= 0.6 is 0 Å². The van der Waals surface area contributed by atoms with E-state index in [0.717, 1.165) is 18.6 Å². The number of hydrogen-bond donors (Lipinski definition) is 1. The third-order valence-corrected chi connectivity index (χ3v) is 2.62. The van der Waals surface area contributed by atoms with Crippen LogP contribution in [0.4, 0.5) is 0 Å². The lowest BCUT2D eigenvalue weighted by molar-refractivity contribution is 0.414. The summed E-state index contributed by atoms with van der Waals surface area (Å²) in [6.07, 6.45) is 2.01. The lowest BCUT2D eigenvalue weighted by Crippen LogP contribution is -2.27. The Morgan fingerprint density at radius 2 is 2.25 bits per heavy atom. The first-order valence-electron chi connectivity index (χ1n) is 5.60. The van der Waals surface area contributed by atoms with Gasteiger partial charge in [0.1, 0.15) is 5.75 Å². The van der Waals surface area contributed by atoms with Crippen LogP contribution in [-0.4, -0.2) is 20.2 Å². The van der Waals surface area contributed by atoms with E-state index in [-0.39, 0.29) is 0 Å². The zero-order chi connectivity index (χ0) is 12.0. The molecule has 0 amide bonds. The van der Waals surface area contributed by atoms with E-state index in [2.05, 4.69) is 31.0 Å². The fourth-order valence-corrected chi connectivity index (χ4v) is 1.78. The summed E-state index contributed by atoms with van der Waals surface area (Å²) in [4.78, 5) is 0. The Kier molecular flexibility index (Phi) is 5.06. The van der Waals surface area contributed by atoms with Gasteiger partial charge in [-0.15, -0.1) is 6.58 Å². The van der Waals surface area contributed by atoms with Crippen LogP contribution in [0, 0.1) is 0 Å². The molecule has 0 spiro atoms. The first-order valence-corrected chi connectivity index (χ1v) is 5.60. The van der Waals surface area contributed by atoms with Crippen molar-refractivity contribution in [3.63, 3.8) is 0 Å². The smallest absolute Gasteiger partial charge is 0.119 e. The van der Waals surface area contributed by atoms with E-state index >= 15 is 0 Å². The summed E-state index contributed by atoms with van der Waals surface area (Å²) >= 11 is 0. The Balaban J connectivity index is 2.65. The molecule has 0 aliphatic carbocycles. The lowest BCUT2D eigenvalue weighted by Gasteiger charge is -2.16. The van der Waals surface area contributed by atoms with E-state index < -0.39 is 0 Å². The molecule has 1 atom stereocenters. The molecular formula is C14H21NO. The van der Waals surface area contributed by atoms with Crippen LogP contribution in [0.25, 0.3) is 0 Å². The van der Waals surface area contributed by atoms with E-state index in [1.165, 1.54) is 11.1 Å². The average Bonchev–Trinajstić information content (AvgIpc) is 2.28. The fourth-order valence-electron chi connectivity index (χ4n) is 1.78. The van der Waals surface area contributed by atoms with Gasteiger partial charge in [-0.25, -0.2) is 0 Å². The van der Waals surface area contributed by atoms with Gasteiger partial charge < -0.3 is 10.1 Å². The van der Waals surface area contributed by atoms with Crippen LogP contribution in [0.1, 0.15) is 18.9 Å². The van der Waals surface area contributed by atoms with Crippen molar-refractivity contribution in [2.24, 2.45) is 0 Å². The summed E-state index contributed by atoms with van der Waals surface area (Å²) in [5.41, 5.74) is 2.50. The van der Waals surface area contributed by atoms with Gasteiger partial charge in [-0.05, 0) is 44.5 Å². The fraction of sp³-hybridized carbons (Fsp3) is 0.429. The number of methoxy groups -OCH3 is 1. The molecule has 0 aliphatic heterocycles. The molecule has 1 unspecified atom stereocenters. The van der Waals surface area contributed by atoms with Crippen LogP contribution < -0.4 is 10.1 Å². The van der Waals surface area contributed by atoms with Crippen molar-refractivity contribution in [2.45, 2.75) is 25.8 Å². The highest BCUT2D eigenvalue weighted by molar-refractivity contribution is 5.29. The van der Waals surface area contributed by atoms with Crippen LogP contribution in [0.3, 0.4) is 0 Å². The van der Waals surface area contributed by atoms with Crippen molar-refractivity contribution in [3.05, 3.63) is 42.0 Å². The lowest BCUT2D eigenvalue weighted by atomic mass is 10.0. The van der Waals surface area contributed by atoms with Gasteiger partial charge in [-0.1, -0.05) is 17.7 Å². The normalized spacial score (nSPS) is 12.2. The zero-order valence-corrected chi connectivity index (χ0v) is 10.4. The van der Waals surface area contributed by atoms with E-state index in [1.54, 1.807) is 7.11 Å². The first kappa shape index (κ1) is 12.8. The van der Waals surface area contributed by atoms with Crippen molar-refractivity contribution in [3.8, 4) is 5.75 Å². The highest BCUT2D eigenvalue weighted by atomic mass is 16.5. The summed E-state index contributed by atoms with van der Waals surface area (Å²) in [5.74, 6) is 0.919. The molecule has 0 radical (unpaired) electrons. The monoisotopic (exact) mass is 219 g/mol. The summed E-state index contributed by atoms with van der Waals surface area (Å²) in [7, 11) is 3.69. The molecule has 2 heteroatoms. The maximum atomic E-state index is 5.21. The van der Waals surface area contributed by atoms with Gasteiger partial charge >= 0.3 is 0 Å². The molecule has 0 fully saturated rings. The summed E-state index contributed by atoms with van der Waals surface area (Å²) in [5, 5.41) is 3.32. The molecule has 16 heavy (non-hydrogen) atoms. The highest BCUT2D eigenvalue weighted by Crippen LogP contribution is 2.15. The second-order valence-corrected chi connectivity index (χ2v) is 4.20. The molecule has 0 aromatic heterocycles. The average molecular weight is 219 g/mol. The van der Waals surface area contributed by atoms with Crippen molar-refractivity contribution in [1.82, 2.24) is 5.32 Å². The van der Waals surface area contributed by atoms with E-state index in [1.807, 2.05) is 19.2 Å². The van der Waals surface area contributed by atoms with Crippen molar-refractivity contribution < 1.29 is 4.74 Å². The highest BCUT2D eigenvalue weighted by Gasteiger charge is 2.07. The third-order valence-electron chi connectivity index (χ3n) is 2.62. The van der Waals surface area contributed by atoms with Crippen LogP contribution in [0.5, 0.6) is 5.75 Å². The van der Waals surface area contributed by atoms with Gasteiger partial charge in [0.25, 0.3) is 0 Å². The summed E-state index contributed by atoms with van der Waals surface area (Å²) < 4.78 is 5.21. The number of nitrogens with one attached hydrogen (secondary N) is 1. The Morgan fingerprint density at radius 1 is 1.50 bits per heavy atom. The standard InChI is InChI=1S/C14H21NO/c1-11(2)8-13(15-3)9-12-6-5-7-14(10-12)16-4/h5-7,10,13,15H,1,8-9H2,2-4H3. The van der Waals surface area contributed by atoms with Gasteiger partial charge in [-0.2, -0.15) is 0 Å². The van der Waals surface area contributed by atoms with Gasteiger partial charge in [0, 0.05) is 6.04 Å². The Morgan fingerprint density at radius 3 is 2.81 bits per heavy atom. The second-order valence-electron chi connectivity index (χ2n) is 4.20. The van der Waals surface area contributed by atoms with Gasteiger partial charge in [0.05, 0.1) is 7.11 Å². The summed E-state index contributed by atoms with van der Waals surface area (Å²) in [6.45, 7) is 6.02. The van der Waals surface area contributed by atoms with Gasteiger partial charge in [-0.3, -0.25) is 0 Å². The third kappa shape index (κ3) is 4.07. The molecule has 0 heterocycles. The second kappa shape index (κ2) is 6.33. The molecule has 0 saturated carbocycles. The minimum absolute atomic E-state index is 0.449. The number of likely N-dealkylation sites (N-methyl/N-ethyl adjacent to an activating group) is 1. The molecule has 0 aliphatic rings. The maximum absolute atomic E-state index is 5.21. The van der Waals surface area contributed by atoms with Crippen LogP contribution in [0.15, 0.2) is 36.4 Å². The number of hydrogen-bond acceptors (Lipinski definition) is 2. The van der Waals surface area contributed by atoms with Crippen LogP contribution in [0.2, 0.25) is 0 Å². The molecular weight excluding hydrogens is 198 g/mol.